The van der Waals surface area contributed by atoms with Crippen molar-refractivity contribution < 1.29 is 8.81 Å². The molecule has 2 heterocycles. The Bertz CT molecular complexity index is 1430. The fourth-order valence-corrected chi connectivity index (χ4v) is 3.52. The standard InChI is InChI=1S/C25H18FN5OS/c26-20-11-5-6-12-21(20)28-25(33)29-27-15-18-16-31(19-9-2-1-3-10-19)30-24(18)23-14-17-8-4-7-13-22(17)32-23/h1-16H,(H2,28,29,33). The number of furan rings is 1. The maximum atomic E-state index is 13.8. The molecule has 3 aromatic carbocycles. The number of fused-ring (bicyclic) bond motifs is 1. The number of para-hydroxylation sites is 3. The van der Waals surface area contributed by atoms with Crippen LogP contribution in [0.2, 0.25) is 0 Å². The van der Waals surface area contributed by atoms with Crippen molar-refractivity contribution in [1.82, 2.24) is 15.2 Å². The number of hydrogen-bond acceptors (Lipinski definition) is 4. The minimum atomic E-state index is -0.401. The minimum Gasteiger partial charge on any atom is -0.454 e. The molecule has 0 saturated heterocycles. The Kier molecular flexibility index (Phi) is 5.65. The van der Waals surface area contributed by atoms with Gasteiger partial charge in [0.15, 0.2) is 10.9 Å². The van der Waals surface area contributed by atoms with Crippen LogP contribution in [0.15, 0.2) is 101 Å². The van der Waals surface area contributed by atoms with E-state index >= 15 is 0 Å². The average Bonchev–Trinajstić information content (AvgIpc) is 3.45. The van der Waals surface area contributed by atoms with Gasteiger partial charge in [-0.25, -0.2) is 9.07 Å². The van der Waals surface area contributed by atoms with Crippen LogP contribution in [0.25, 0.3) is 28.1 Å². The van der Waals surface area contributed by atoms with E-state index in [-0.39, 0.29) is 10.8 Å². The number of hydrazone groups is 1. The Labute approximate surface area is 194 Å². The van der Waals surface area contributed by atoms with Crippen molar-refractivity contribution in [2.75, 3.05) is 5.32 Å². The molecular weight excluding hydrogens is 437 g/mol. The Morgan fingerprint density at radius 2 is 1.76 bits per heavy atom. The zero-order chi connectivity index (χ0) is 22.6. The number of halogens is 1. The van der Waals surface area contributed by atoms with E-state index in [9.17, 15) is 4.39 Å². The SMILES string of the molecule is Fc1ccccc1NC(=S)NN=Cc1cn(-c2ccccc2)nc1-c1cc2ccccc2o1. The molecule has 0 bridgehead atoms. The summed E-state index contributed by atoms with van der Waals surface area (Å²) in [6, 6.07) is 25.8. The molecule has 162 valence electrons. The second-order valence-electron chi connectivity index (χ2n) is 7.17. The summed E-state index contributed by atoms with van der Waals surface area (Å²) in [7, 11) is 0. The van der Waals surface area contributed by atoms with Crippen molar-refractivity contribution in [3.8, 4) is 17.1 Å². The molecule has 33 heavy (non-hydrogen) atoms. The molecule has 2 aromatic heterocycles. The summed E-state index contributed by atoms with van der Waals surface area (Å²) in [6.45, 7) is 0. The maximum Gasteiger partial charge on any atom is 0.191 e. The van der Waals surface area contributed by atoms with Gasteiger partial charge in [0.1, 0.15) is 17.1 Å². The third kappa shape index (κ3) is 4.51. The van der Waals surface area contributed by atoms with E-state index in [1.807, 2.05) is 66.9 Å². The molecule has 0 radical (unpaired) electrons. The lowest BCUT2D eigenvalue weighted by molar-refractivity contribution is 0.627. The highest BCUT2D eigenvalue weighted by Crippen LogP contribution is 2.29. The van der Waals surface area contributed by atoms with E-state index in [1.165, 1.54) is 6.07 Å². The van der Waals surface area contributed by atoms with Crippen LogP contribution in [-0.4, -0.2) is 21.1 Å². The zero-order valence-electron chi connectivity index (χ0n) is 17.3. The van der Waals surface area contributed by atoms with Crippen LogP contribution in [0.4, 0.5) is 10.1 Å². The van der Waals surface area contributed by atoms with E-state index in [0.717, 1.165) is 22.2 Å². The van der Waals surface area contributed by atoms with Gasteiger partial charge in [0, 0.05) is 17.1 Å². The van der Waals surface area contributed by atoms with Gasteiger partial charge in [-0.05, 0) is 48.6 Å². The third-order valence-electron chi connectivity index (χ3n) is 4.91. The predicted molar refractivity (Wildman–Crippen MR) is 132 cm³/mol. The highest BCUT2D eigenvalue weighted by molar-refractivity contribution is 7.80. The molecule has 0 fully saturated rings. The number of hydrogen-bond donors (Lipinski definition) is 2. The van der Waals surface area contributed by atoms with Crippen molar-refractivity contribution in [2.45, 2.75) is 0 Å². The lowest BCUT2D eigenvalue weighted by Crippen LogP contribution is -2.24. The molecule has 2 N–H and O–H groups in total. The molecule has 0 aliphatic carbocycles. The Hall–Kier alpha value is -4.30. The lowest BCUT2D eigenvalue weighted by Gasteiger charge is -2.07. The van der Waals surface area contributed by atoms with Gasteiger partial charge in [0.05, 0.1) is 17.6 Å². The highest BCUT2D eigenvalue weighted by Gasteiger charge is 2.15. The molecule has 0 aliphatic heterocycles. The minimum absolute atomic E-state index is 0.164. The van der Waals surface area contributed by atoms with Gasteiger partial charge in [0.2, 0.25) is 0 Å². The molecule has 0 amide bonds. The summed E-state index contributed by atoms with van der Waals surface area (Å²) in [5, 5.41) is 12.9. The summed E-state index contributed by atoms with van der Waals surface area (Å²) in [5.74, 6) is 0.223. The predicted octanol–water partition coefficient (Wildman–Crippen LogP) is 5.75. The van der Waals surface area contributed by atoms with Crippen molar-refractivity contribution >= 4 is 40.2 Å². The number of anilines is 1. The molecule has 6 nitrogen and oxygen atoms in total. The molecule has 8 heteroatoms. The second-order valence-corrected chi connectivity index (χ2v) is 7.57. The summed E-state index contributed by atoms with van der Waals surface area (Å²) >= 11 is 5.22. The number of nitrogens with zero attached hydrogens (tertiary/aromatic N) is 3. The second kappa shape index (κ2) is 9.05. The molecular formula is C25H18FN5OS. The van der Waals surface area contributed by atoms with Gasteiger partial charge >= 0.3 is 0 Å². The van der Waals surface area contributed by atoms with Gasteiger partial charge in [0.25, 0.3) is 0 Å². The molecule has 5 aromatic rings. The fourth-order valence-electron chi connectivity index (χ4n) is 3.36. The number of nitrogens with one attached hydrogen (secondary N) is 2. The van der Waals surface area contributed by atoms with Crippen molar-refractivity contribution in [1.29, 1.82) is 0 Å². The number of benzene rings is 3. The van der Waals surface area contributed by atoms with Crippen molar-refractivity contribution in [3.05, 3.63) is 103 Å². The number of rotatable bonds is 5. The lowest BCUT2D eigenvalue weighted by atomic mass is 10.2. The smallest absolute Gasteiger partial charge is 0.191 e. The van der Waals surface area contributed by atoms with Gasteiger partial charge < -0.3 is 9.73 Å². The number of aromatic nitrogens is 2. The van der Waals surface area contributed by atoms with Crippen LogP contribution in [-0.2, 0) is 0 Å². The van der Waals surface area contributed by atoms with Crippen LogP contribution in [0.1, 0.15) is 5.56 Å². The average molecular weight is 456 g/mol. The first-order chi connectivity index (χ1) is 16.2. The van der Waals surface area contributed by atoms with E-state index in [0.29, 0.717) is 11.5 Å². The van der Waals surface area contributed by atoms with E-state index in [1.54, 1.807) is 29.1 Å². The Morgan fingerprint density at radius 1 is 1.00 bits per heavy atom. The van der Waals surface area contributed by atoms with Gasteiger partial charge in [-0.15, -0.1) is 0 Å². The summed E-state index contributed by atoms with van der Waals surface area (Å²) in [6.07, 6.45) is 3.46. The zero-order valence-corrected chi connectivity index (χ0v) is 18.1. The summed E-state index contributed by atoms with van der Waals surface area (Å²) < 4.78 is 21.6. The van der Waals surface area contributed by atoms with Crippen molar-refractivity contribution in [3.63, 3.8) is 0 Å². The normalized spacial score (nSPS) is 11.2. The van der Waals surface area contributed by atoms with Gasteiger partial charge in [-0.1, -0.05) is 48.5 Å². The van der Waals surface area contributed by atoms with Crippen LogP contribution >= 0.6 is 12.2 Å². The van der Waals surface area contributed by atoms with Crippen molar-refractivity contribution in [2.24, 2.45) is 5.10 Å². The molecule has 0 aliphatic rings. The van der Waals surface area contributed by atoms with Crippen LogP contribution < -0.4 is 10.7 Å². The molecule has 0 atom stereocenters. The molecule has 0 saturated carbocycles. The quantitative estimate of drug-likeness (QED) is 0.201. The molecule has 0 unspecified atom stereocenters. The monoisotopic (exact) mass is 455 g/mol. The summed E-state index contributed by atoms with van der Waals surface area (Å²) in [4.78, 5) is 0. The summed E-state index contributed by atoms with van der Waals surface area (Å²) in [5.41, 5.74) is 6.02. The maximum absolute atomic E-state index is 13.8. The number of thiocarbonyl (C=S) groups is 1. The topological polar surface area (TPSA) is 67.4 Å². The molecule has 5 rings (SSSR count). The van der Waals surface area contributed by atoms with Gasteiger partial charge in [-0.3, -0.25) is 5.43 Å². The fraction of sp³-hybridized carbons (Fsp3) is 0. The van der Waals surface area contributed by atoms with E-state index < -0.39 is 5.82 Å². The van der Waals surface area contributed by atoms with Gasteiger partial charge in [-0.2, -0.15) is 10.2 Å². The Balaban J connectivity index is 1.43. The largest absolute Gasteiger partial charge is 0.454 e. The first-order valence-electron chi connectivity index (χ1n) is 10.2. The van der Waals surface area contributed by atoms with Crippen LogP contribution in [0.3, 0.4) is 0 Å². The Morgan fingerprint density at radius 3 is 2.58 bits per heavy atom. The third-order valence-corrected chi connectivity index (χ3v) is 5.11. The van der Waals surface area contributed by atoms with Crippen LogP contribution in [0, 0.1) is 5.82 Å². The first-order valence-corrected chi connectivity index (χ1v) is 10.6. The molecule has 0 spiro atoms. The van der Waals surface area contributed by atoms with E-state index in [2.05, 4.69) is 15.8 Å². The van der Waals surface area contributed by atoms with Crippen LogP contribution in [0.5, 0.6) is 0 Å². The first kappa shape index (κ1) is 20.6. The highest BCUT2D eigenvalue weighted by atomic mass is 32.1. The van der Waals surface area contributed by atoms with E-state index in [4.69, 9.17) is 21.7 Å².